The number of carbonyl (C=O) groups excluding carboxylic acids is 2. The molecule has 1 amide bonds. The van der Waals surface area contributed by atoms with E-state index in [0.29, 0.717) is 11.1 Å². The second kappa shape index (κ2) is 9.88. The van der Waals surface area contributed by atoms with Gasteiger partial charge in [-0.1, -0.05) is 17.3 Å². The van der Waals surface area contributed by atoms with E-state index < -0.39 is 29.3 Å². The molecular weight excluding hydrogens is 413 g/mol. The lowest BCUT2D eigenvalue weighted by Gasteiger charge is -2.18. The number of carboxylic acid groups (broad SMARTS) is 1. The lowest BCUT2D eigenvalue weighted by Crippen LogP contribution is -2.27. The third kappa shape index (κ3) is 6.89. The third-order valence-electron chi connectivity index (χ3n) is 3.32. The molecule has 0 atom stereocenters. The van der Waals surface area contributed by atoms with Crippen molar-refractivity contribution in [3.05, 3.63) is 46.5 Å². The number of carboxylic acids is 1. The molecule has 1 aromatic carbocycles. The Kier molecular flexibility index (Phi) is 7.53. The normalized spacial score (nSPS) is 11.5. The van der Waals surface area contributed by atoms with Gasteiger partial charge in [-0.05, 0) is 38.5 Å². The van der Waals surface area contributed by atoms with Crippen molar-refractivity contribution in [2.75, 3.05) is 5.32 Å². The zero-order valence-electron chi connectivity index (χ0n) is 16.8. The first kappa shape index (κ1) is 22.9. The summed E-state index contributed by atoms with van der Waals surface area (Å²) in [5.74, 6) is -1.81. The Bertz CT molecular complexity index is 951. The highest BCUT2D eigenvalue weighted by atomic mass is 32.1. The second-order valence-electron chi connectivity index (χ2n) is 6.87. The standard InChI is InChI=1S/C18H20BN3O7S/c1-18(2,3)28-17(26)21-16-20-12(9-30-16)13(14(23)24)22-27-8-10-4-6-11(7-5-10)15(25)29-19/h4-7,9H,8,19H2,1-3H3,(H,23,24)(H,20,21,26)/b22-13-. The Labute approximate surface area is 177 Å². The van der Waals surface area contributed by atoms with Gasteiger partial charge in [0.2, 0.25) is 5.71 Å². The molecule has 0 fully saturated rings. The number of aliphatic carboxylic acids is 1. The molecule has 0 bridgehead atoms. The molecule has 0 spiro atoms. The van der Waals surface area contributed by atoms with E-state index in [-0.39, 0.29) is 17.4 Å². The van der Waals surface area contributed by atoms with Gasteiger partial charge < -0.3 is 19.3 Å². The fourth-order valence-corrected chi connectivity index (χ4v) is 2.73. The monoisotopic (exact) mass is 433 g/mol. The highest BCUT2D eigenvalue weighted by Crippen LogP contribution is 2.18. The van der Waals surface area contributed by atoms with E-state index in [1.165, 1.54) is 13.4 Å². The Morgan fingerprint density at radius 2 is 1.90 bits per heavy atom. The number of benzene rings is 1. The van der Waals surface area contributed by atoms with Crippen LogP contribution in [0.5, 0.6) is 0 Å². The number of anilines is 1. The van der Waals surface area contributed by atoms with Crippen LogP contribution in [0.25, 0.3) is 0 Å². The average molecular weight is 433 g/mol. The lowest BCUT2D eigenvalue weighted by atomic mass is 10.1. The highest BCUT2D eigenvalue weighted by Gasteiger charge is 2.20. The van der Waals surface area contributed by atoms with E-state index in [2.05, 4.69) is 20.1 Å². The summed E-state index contributed by atoms with van der Waals surface area (Å²) in [7, 11) is 1.29. The van der Waals surface area contributed by atoms with Gasteiger partial charge in [0.05, 0.1) is 5.56 Å². The van der Waals surface area contributed by atoms with E-state index >= 15 is 0 Å². The fraction of sp³-hybridized carbons (Fsp3) is 0.278. The molecule has 0 aliphatic heterocycles. The topological polar surface area (TPSA) is 136 Å². The van der Waals surface area contributed by atoms with Crippen molar-refractivity contribution >= 4 is 48.3 Å². The van der Waals surface area contributed by atoms with Gasteiger partial charge in [-0.25, -0.2) is 19.4 Å². The van der Waals surface area contributed by atoms with Gasteiger partial charge in [-0.2, -0.15) is 0 Å². The van der Waals surface area contributed by atoms with Crippen LogP contribution in [0.4, 0.5) is 9.93 Å². The molecule has 2 rings (SSSR count). The summed E-state index contributed by atoms with van der Waals surface area (Å²) < 4.78 is 9.74. The van der Waals surface area contributed by atoms with Crippen molar-refractivity contribution in [1.29, 1.82) is 0 Å². The van der Waals surface area contributed by atoms with Crippen molar-refractivity contribution in [3.63, 3.8) is 0 Å². The van der Waals surface area contributed by atoms with Crippen LogP contribution in [0.15, 0.2) is 34.8 Å². The molecule has 0 unspecified atom stereocenters. The number of carbonyl (C=O) groups is 3. The highest BCUT2D eigenvalue weighted by molar-refractivity contribution is 7.14. The number of nitrogens with zero attached hydrogens (tertiary/aromatic N) is 2. The predicted molar refractivity (Wildman–Crippen MR) is 111 cm³/mol. The van der Waals surface area contributed by atoms with E-state index in [4.69, 9.17) is 9.57 Å². The number of oxime groups is 1. The fourth-order valence-electron chi connectivity index (χ4n) is 2.05. The zero-order chi connectivity index (χ0) is 22.3. The molecule has 30 heavy (non-hydrogen) atoms. The number of amides is 1. The van der Waals surface area contributed by atoms with Gasteiger partial charge in [0.25, 0.3) is 0 Å². The molecule has 10 nitrogen and oxygen atoms in total. The summed E-state index contributed by atoms with van der Waals surface area (Å²) in [6, 6.07) is 6.38. The number of aromatic nitrogens is 1. The largest absolute Gasteiger partial charge is 0.540 e. The van der Waals surface area contributed by atoms with Crippen molar-refractivity contribution in [2.24, 2.45) is 5.16 Å². The number of rotatable bonds is 7. The minimum absolute atomic E-state index is 0.0224. The first-order valence-corrected chi connectivity index (χ1v) is 9.53. The summed E-state index contributed by atoms with van der Waals surface area (Å²) in [5.41, 5.74) is -0.0276. The van der Waals surface area contributed by atoms with Gasteiger partial charge in [-0.3, -0.25) is 5.32 Å². The molecule has 0 saturated carbocycles. The molecule has 0 aliphatic rings. The average Bonchev–Trinajstić information content (AvgIpc) is 3.11. The quantitative estimate of drug-likeness (QED) is 0.385. The van der Waals surface area contributed by atoms with Gasteiger partial charge in [0.1, 0.15) is 17.9 Å². The summed E-state index contributed by atoms with van der Waals surface area (Å²) in [4.78, 5) is 43.9. The first-order chi connectivity index (χ1) is 14.1. The Morgan fingerprint density at radius 3 is 2.47 bits per heavy atom. The van der Waals surface area contributed by atoms with Crippen molar-refractivity contribution in [1.82, 2.24) is 4.98 Å². The first-order valence-electron chi connectivity index (χ1n) is 8.65. The van der Waals surface area contributed by atoms with Crippen LogP contribution in [0, 0.1) is 0 Å². The maximum atomic E-state index is 11.8. The Morgan fingerprint density at radius 1 is 1.23 bits per heavy atom. The summed E-state index contributed by atoms with van der Waals surface area (Å²) in [6.07, 6.45) is -0.705. The van der Waals surface area contributed by atoms with Crippen LogP contribution in [0.2, 0.25) is 0 Å². The molecule has 1 heterocycles. The second-order valence-corrected chi connectivity index (χ2v) is 7.73. The molecule has 1 aromatic heterocycles. The van der Waals surface area contributed by atoms with Crippen molar-refractivity contribution < 1.29 is 33.7 Å². The lowest BCUT2D eigenvalue weighted by molar-refractivity contribution is -0.129. The Balaban J connectivity index is 2.03. The molecule has 2 N–H and O–H groups in total. The number of ether oxygens (including phenoxy) is 1. The summed E-state index contributed by atoms with van der Waals surface area (Å²) in [5, 5.41) is 17.0. The molecule has 158 valence electrons. The molecule has 0 radical (unpaired) electrons. The van der Waals surface area contributed by atoms with Gasteiger partial charge in [0, 0.05) is 5.38 Å². The smallest absolute Gasteiger partial charge is 0.413 e. The minimum atomic E-state index is -1.34. The molecular formula is C18H20BN3O7S. The summed E-state index contributed by atoms with van der Waals surface area (Å²) in [6.45, 7) is 5.13. The van der Waals surface area contributed by atoms with Crippen LogP contribution in [0.1, 0.15) is 42.4 Å². The zero-order valence-corrected chi connectivity index (χ0v) is 17.6. The third-order valence-corrected chi connectivity index (χ3v) is 4.08. The maximum Gasteiger partial charge on any atom is 0.413 e. The Hall–Kier alpha value is -3.41. The predicted octanol–water partition coefficient (Wildman–Crippen LogP) is 2.20. The van der Waals surface area contributed by atoms with Crippen LogP contribution in [0.3, 0.4) is 0 Å². The number of hydrogen-bond donors (Lipinski definition) is 2. The SMILES string of the molecule is BOC(=O)c1ccc(CO/N=C(\C(=O)O)c2csc(NC(=O)OC(C)(C)C)n2)cc1. The van der Waals surface area contributed by atoms with E-state index in [1.807, 2.05) is 0 Å². The van der Waals surface area contributed by atoms with Crippen molar-refractivity contribution in [3.8, 4) is 0 Å². The van der Waals surface area contributed by atoms with Gasteiger partial charge in [0.15, 0.2) is 5.13 Å². The van der Waals surface area contributed by atoms with Gasteiger partial charge >= 0.3 is 26.1 Å². The van der Waals surface area contributed by atoms with Crippen LogP contribution in [-0.2, 0) is 25.6 Å². The van der Waals surface area contributed by atoms with Crippen LogP contribution in [-0.4, -0.2) is 47.5 Å². The molecule has 12 heteroatoms. The van der Waals surface area contributed by atoms with E-state index in [1.54, 1.807) is 45.0 Å². The van der Waals surface area contributed by atoms with Crippen molar-refractivity contribution in [2.45, 2.75) is 33.0 Å². The van der Waals surface area contributed by atoms with Crippen LogP contribution >= 0.6 is 11.3 Å². The number of thiazole rings is 1. The molecule has 0 saturated heterocycles. The minimum Gasteiger partial charge on any atom is -0.540 e. The van der Waals surface area contributed by atoms with Gasteiger partial charge in [-0.15, -0.1) is 11.3 Å². The van der Waals surface area contributed by atoms with E-state index in [0.717, 1.165) is 11.3 Å². The number of hydrogen-bond acceptors (Lipinski definition) is 9. The molecule has 0 aliphatic carbocycles. The van der Waals surface area contributed by atoms with Crippen LogP contribution < -0.4 is 5.32 Å². The maximum absolute atomic E-state index is 11.8. The number of nitrogens with one attached hydrogen (secondary N) is 1. The van der Waals surface area contributed by atoms with E-state index in [9.17, 15) is 19.5 Å². The molecule has 2 aromatic rings. The summed E-state index contributed by atoms with van der Waals surface area (Å²) >= 11 is 1.02.